The molecule has 0 radical (unpaired) electrons. The third kappa shape index (κ3) is 5.72. The van der Waals surface area contributed by atoms with E-state index in [-0.39, 0.29) is 54.9 Å². The van der Waals surface area contributed by atoms with Gasteiger partial charge in [0.05, 0.1) is 22.6 Å². The number of sulfone groups is 1. The average molecular weight is 519 g/mol. The molecule has 1 heterocycles. The van der Waals surface area contributed by atoms with Gasteiger partial charge in [0.2, 0.25) is 0 Å². The Morgan fingerprint density at radius 2 is 1.93 bits per heavy atom. The SMILES string of the molecule is CCNC(=NCc1ccccc1C(F)(F)F)N1CCS(=O)(=O)C(C)(C)C1.I. The molecule has 0 amide bonds. The molecule has 1 aliphatic rings. The van der Waals surface area contributed by atoms with Crippen LogP contribution >= 0.6 is 24.0 Å². The Labute approximate surface area is 175 Å². The highest BCUT2D eigenvalue weighted by atomic mass is 127. The minimum atomic E-state index is -4.44. The predicted octanol–water partition coefficient (Wildman–Crippen LogP) is 3.30. The summed E-state index contributed by atoms with van der Waals surface area (Å²) in [6.07, 6.45) is -4.44. The topological polar surface area (TPSA) is 61.8 Å². The number of nitrogens with one attached hydrogen (secondary N) is 1. The summed E-state index contributed by atoms with van der Waals surface area (Å²) in [5.74, 6) is 0.413. The summed E-state index contributed by atoms with van der Waals surface area (Å²) < 4.78 is 62.7. The molecule has 5 nitrogen and oxygen atoms in total. The molecule has 2 rings (SSSR count). The van der Waals surface area contributed by atoms with Gasteiger partial charge in [0.15, 0.2) is 15.8 Å². The number of hydrogen-bond acceptors (Lipinski definition) is 3. The van der Waals surface area contributed by atoms with E-state index in [4.69, 9.17) is 0 Å². The summed E-state index contributed by atoms with van der Waals surface area (Å²) in [6.45, 7) is 6.05. The molecule has 27 heavy (non-hydrogen) atoms. The van der Waals surface area contributed by atoms with Crippen LogP contribution in [0.2, 0.25) is 0 Å². The standard InChI is InChI=1S/C17H24F3N3O2S.HI/c1-4-21-15(23-9-10-26(24,25)16(2,3)12-23)22-11-13-7-5-6-8-14(13)17(18,19)20;/h5-8H,4,9-12H2,1-3H3,(H,21,22);1H. The first kappa shape index (κ1) is 24.0. The monoisotopic (exact) mass is 519 g/mol. The second-order valence-corrected chi connectivity index (χ2v) is 9.57. The maximum Gasteiger partial charge on any atom is 0.416 e. The molecule has 1 aromatic carbocycles. The fourth-order valence-corrected chi connectivity index (χ4v) is 4.21. The third-order valence-corrected chi connectivity index (χ3v) is 6.93. The van der Waals surface area contributed by atoms with Crippen LogP contribution in [0.15, 0.2) is 29.3 Å². The van der Waals surface area contributed by atoms with Gasteiger partial charge < -0.3 is 10.2 Å². The van der Waals surface area contributed by atoms with E-state index in [0.717, 1.165) is 6.07 Å². The highest BCUT2D eigenvalue weighted by molar-refractivity contribution is 14.0. The smallest absolute Gasteiger partial charge is 0.357 e. The van der Waals surface area contributed by atoms with E-state index >= 15 is 0 Å². The summed E-state index contributed by atoms with van der Waals surface area (Å²) in [5, 5.41) is 3.05. The van der Waals surface area contributed by atoms with Crippen LogP contribution in [0.5, 0.6) is 0 Å². The molecule has 1 N–H and O–H groups in total. The van der Waals surface area contributed by atoms with Crippen molar-refractivity contribution in [2.45, 2.75) is 38.2 Å². The van der Waals surface area contributed by atoms with Crippen LogP contribution in [0, 0.1) is 0 Å². The van der Waals surface area contributed by atoms with Gasteiger partial charge >= 0.3 is 6.18 Å². The number of nitrogens with zero attached hydrogens (tertiary/aromatic N) is 2. The second-order valence-electron chi connectivity index (χ2n) is 6.83. The third-order valence-electron chi connectivity index (χ3n) is 4.40. The molecule has 1 aromatic rings. The van der Waals surface area contributed by atoms with Gasteiger partial charge in [0.25, 0.3) is 0 Å². The van der Waals surface area contributed by atoms with Crippen LogP contribution in [0.4, 0.5) is 13.2 Å². The van der Waals surface area contributed by atoms with Crippen LogP contribution in [0.3, 0.4) is 0 Å². The number of alkyl halides is 3. The molecule has 0 spiro atoms. The zero-order chi connectivity index (χ0) is 19.6. The van der Waals surface area contributed by atoms with Crippen LogP contribution in [-0.4, -0.2) is 49.4 Å². The van der Waals surface area contributed by atoms with Crippen molar-refractivity contribution in [2.24, 2.45) is 4.99 Å². The number of halogens is 4. The lowest BCUT2D eigenvalue weighted by molar-refractivity contribution is -0.138. The summed E-state index contributed by atoms with van der Waals surface area (Å²) in [5.41, 5.74) is -0.625. The molecule has 154 valence electrons. The average Bonchev–Trinajstić information content (AvgIpc) is 2.53. The molecule has 0 atom stereocenters. The Hall–Kier alpha value is -1.04. The number of aliphatic imine (C=N–C) groups is 1. The lowest BCUT2D eigenvalue weighted by Gasteiger charge is -2.39. The summed E-state index contributed by atoms with van der Waals surface area (Å²) in [7, 11) is -3.21. The van der Waals surface area contributed by atoms with Crippen molar-refractivity contribution in [3.8, 4) is 0 Å². The number of rotatable bonds is 3. The Morgan fingerprint density at radius 3 is 2.48 bits per heavy atom. The Morgan fingerprint density at radius 1 is 1.30 bits per heavy atom. The van der Waals surface area contributed by atoms with Crippen molar-refractivity contribution in [1.82, 2.24) is 10.2 Å². The van der Waals surface area contributed by atoms with E-state index < -0.39 is 26.3 Å². The molecule has 0 aromatic heterocycles. The summed E-state index contributed by atoms with van der Waals surface area (Å²) >= 11 is 0. The van der Waals surface area contributed by atoms with Crippen molar-refractivity contribution in [3.05, 3.63) is 35.4 Å². The Bertz CT molecular complexity index is 780. The first-order valence-electron chi connectivity index (χ1n) is 8.38. The Balaban J connectivity index is 0.00000364. The molecule has 1 fully saturated rings. The van der Waals surface area contributed by atoms with Crippen molar-refractivity contribution in [3.63, 3.8) is 0 Å². The van der Waals surface area contributed by atoms with Gasteiger partial charge in [-0.3, -0.25) is 0 Å². The maximum atomic E-state index is 13.1. The fraction of sp³-hybridized carbons (Fsp3) is 0.588. The minimum Gasteiger partial charge on any atom is -0.357 e. The maximum absolute atomic E-state index is 13.1. The van der Waals surface area contributed by atoms with Crippen molar-refractivity contribution in [2.75, 3.05) is 25.4 Å². The lowest BCUT2D eigenvalue weighted by Crippen LogP contribution is -2.57. The second kappa shape index (κ2) is 8.97. The quantitative estimate of drug-likeness (QED) is 0.379. The molecule has 0 bridgehead atoms. The van der Waals surface area contributed by atoms with E-state index in [1.54, 1.807) is 24.8 Å². The van der Waals surface area contributed by atoms with E-state index in [0.29, 0.717) is 12.5 Å². The van der Waals surface area contributed by atoms with Gasteiger partial charge in [-0.25, -0.2) is 13.4 Å². The van der Waals surface area contributed by atoms with Crippen LogP contribution in [0.1, 0.15) is 31.9 Å². The molecular weight excluding hydrogens is 494 g/mol. The van der Waals surface area contributed by atoms with Crippen LogP contribution in [-0.2, 0) is 22.6 Å². The molecular formula is C17H25F3IN3O2S. The van der Waals surface area contributed by atoms with Crippen molar-refractivity contribution < 1.29 is 21.6 Å². The molecule has 10 heteroatoms. The number of guanidine groups is 1. The number of hydrogen-bond donors (Lipinski definition) is 1. The van der Waals surface area contributed by atoms with Gasteiger partial charge in [-0.05, 0) is 32.4 Å². The highest BCUT2D eigenvalue weighted by Crippen LogP contribution is 2.32. The van der Waals surface area contributed by atoms with E-state index in [1.165, 1.54) is 12.1 Å². The van der Waals surface area contributed by atoms with Gasteiger partial charge in [0.1, 0.15) is 0 Å². The Kier molecular flexibility index (Phi) is 7.98. The molecule has 0 aliphatic carbocycles. The first-order valence-corrected chi connectivity index (χ1v) is 10.0. The van der Waals surface area contributed by atoms with Crippen molar-refractivity contribution in [1.29, 1.82) is 0 Å². The largest absolute Gasteiger partial charge is 0.416 e. The van der Waals surface area contributed by atoms with Gasteiger partial charge in [-0.15, -0.1) is 24.0 Å². The van der Waals surface area contributed by atoms with Crippen LogP contribution in [0.25, 0.3) is 0 Å². The molecule has 0 saturated carbocycles. The number of benzene rings is 1. The summed E-state index contributed by atoms with van der Waals surface area (Å²) in [4.78, 5) is 6.12. The van der Waals surface area contributed by atoms with E-state index in [1.807, 2.05) is 6.92 Å². The van der Waals surface area contributed by atoms with E-state index in [2.05, 4.69) is 10.3 Å². The normalized spacial score (nSPS) is 19.3. The summed E-state index contributed by atoms with van der Waals surface area (Å²) in [6, 6.07) is 5.33. The lowest BCUT2D eigenvalue weighted by atomic mass is 10.1. The van der Waals surface area contributed by atoms with E-state index in [9.17, 15) is 21.6 Å². The molecule has 0 unspecified atom stereocenters. The van der Waals surface area contributed by atoms with Crippen molar-refractivity contribution >= 4 is 39.8 Å². The first-order chi connectivity index (χ1) is 12.0. The van der Waals surface area contributed by atoms with Gasteiger partial charge in [-0.2, -0.15) is 13.2 Å². The van der Waals surface area contributed by atoms with Gasteiger partial charge in [0, 0.05) is 19.6 Å². The highest BCUT2D eigenvalue weighted by Gasteiger charge is 2.41. The molecule has 1 aliphatic heterocycles. The minimum absolute atomic E-state index is 0. The zero-order valence-corrected chi connectivity index (χ0v) is 18.7. The molecule has 1 saturated heterocycles. The predicted molar refractivity (Wildman–Crippen MR) is 111 cm³/mol. The zero-order valence-electron chi connectivity index (χ0n) is 15.5. The van der Waals surface area contributed by atoms with Gasteiger partial charge in [-0.1, -0.05) is 18.2 Å². The van der Waals surface area contributed by atoms with Crippen LogP contribution < -0.4 is 5.32 Å². The fourth-order valence-electron chi connectivity index (χ4n) is 2.85.